The van der Waals surface area contributed by atoms with Crippen LogP contribution in [-0.4, -0.2) is 24.2 Å². The highest BCUT2D eigenvalue weighted by atomic mass is 16.5. The zero-order valence-corrected chi connectivity index (χ0v) is 10.4. The van der Waals surface area contributed by atoms with Crippen LogP contribution in [0.5, 0.6) is 0 Å². The third-order valence-corrected chi connectivity index (χ3v) is 3.70. The summed E-state index contributed by atoms with van der Waals surface area (Å²) < 4.78 is 5.44. The van der Waals surface area contributed by atoms with Crippen molar-refractivity contribution in [1.82, 2.24) is 4.98 Å². The second kappa shape index (κ2) is 4.06. The molecule has 0 bridgehead atoms. The van der Waals surface area contributed by atoms with E-state index in [1.807, 2.05) is 19.2 Å². The second-order valence-corrected chi connectivity index (χ2v) is 5.16. The van der Waals surface area contributed by atoms with Crippen molar-refractivity contribution in [1.29, 1.82) is 0 Å². The van der Waals surface area contributed by atoms with Crippen molar-refractivity contribution in [2.45, 2.75) is 39.3 Å². The predicted molar refractivity (Wildman–Crippen MR) is 65.6 cm³/mol. The van der Waals surface area contributed by atoms with Gasteiger partial charge in [0.25, 0.3) is 0 Å². The molecule has 0 spiro atoms. The number of hydrogen-bond donors (Lipinski definition) is 1. The van der Waals surface area contributed by atoms with E-state index in [4.69, 9.17) is 4.74 Å². The van der Waals surface area contributed by atoms with Crippen molar-refractivity contribution < 1.29 is 4.74 Å². The van der Waals surface area contributed by atoms with Crippen LogP contribution >= 0.6 is 0 Å². The van der Waals surface area contributed by atoms with Gasteiger partial charge in [-0.3, -0.25) is 4.98 Å². The summed E-state index contributed by atoms with van der Waals surface area (Å²) in [5, 5.41) is 3.55. The van der Waals surface area contributed by atoms with E-state index in [1.54, 1.807) is 7.11 Å². The van der Waals surface area contributed by atoms with Crippen molar-refractivity contribution >= 4 is 5.69 Å². The highest BCUT2D eigenvalue weighted by Gasteiger charge is 2.48. The Morgan fingerprint density at radius 3 is 2.81 bits per heavy atom. The largest absolute Gasteiger partial charge is 0.381 e. The Labute approximate surface area is 97.2 Å². The van der Waals surface area contributed by atoms with Gasteiger partial charge in [0.15, 0.2) is 0 Å². The number of aromatic nitrogens is 1. The van der Waals surface area contributed by atoms with Gasteiger partial charge >= 0.3 is 0 Å². The van der Waals surface area contributed by atoms with E-state index in [9.17, 15) is 0 Å². The first-order valence-electron chi connectivity index (χ1n) is 5.76. The average molecular weight is 220 g/mol. The maximum atomic E-state index is 5.44. The molecule has 0 radical (unpaired) electrons. The number of ether oxygens (including phenoxy) is 1. The Morgan fingerprint density at radius 1 is 1.50 bits per heavy atom. The van der Waals surface area contributed by atoms with Gasteiger partial charge in [-0.2, -0.15) is 0 Å². The Balaban J connectivity index is 2.02. The van der Waals surface area contributed by atoms with E-state index in [2.05, 4.69) is 30.2 Å². The molecular formula is C13H20N2O. The molecule has 1 aliphatic carbocycles. The topological polar surface area (TPSA) is 34.1 Å². The fourth-order valence-corrected chi connectivity index (χ4v) is 2.37. The zero-order chi connectivity index (χ0) is 11.8. The van der Waals surface area contributed by atoms with Gasteiger partial charge in [-0.1, -0.05) is 13.8 Å². The predicted octanol–water partition coefficient (Wildman–Crippen LogP) is 2.62. The van der Waals surface area contributed by atoms with E-state index in [-0.39, 0.29) is 5.41 Å². The van der Waals surface area contributed by atoms with Crippen molar-refractivity contribution in [3.8, 4) is 0 Å². The molecule has 0 aliphatic heterocycles. The van der Waals surface area contributed by atoms with Crippen LogP contribution in [0.2, 0.25) is 0 Å². The minimum atomic E-state index is 0.200. The summed E-state index contributed by atoms with van der Waals surface area (Å²) in [6, 6.07) is 4.58. The van der Waals surface area contributed by atoms with Gasteiger partial charge in [-0.15, -0.1) is 0 Å². The zero-order valence-electron chi connectivity index (χ0n) is 10.4. The van der Waals surface area contributed by atoms with E-state index in [1.165, 1.54) is 0 Å². The Bertz CT molecular complexity index is 376. The number of pyridine rings is 1. The van der Waals surface area contributed by atoms with Crippen molar-refractivity contribution in [2.24, 2.45) is 5.41 Å². The average Bonchev–Trinajstić information content (AvgIpc) is 2.23. The molecule has 1 aromatic rings. The van der Waals surface area contributed by atoms with Crippen molar-refractivity contribution in [3.63, 3.8) is 0 Å². The third kappa shape index (κ3) is 1.92. The molecule has 3 heteroatoms. The fraction of sp³-hybridized carbons (Fsp3) is 0.615. The summed E-state index contributed by atoms with van der Waals surface area (Å²) in [4.78, 5) is 4.19. The normalized spacial score (nSPS) is 27.2. The molecule has 16 heavy (non-hydrogen) atoms. The lowest BCUT2D eigenvalue weighted by Gasteiger charge is -2.51. The van der Waals surface area contributed by atoms with Gasteiger partial charge in [0, 0.05) is 36.1 Å². The summed E-state index contributed by atoms with van der Waals surface area (Å²) in [6.07, 6.45) is 3.29. The van der Waals surface area contributed by atoms with Crippen LogP contribution in [0.1, 0.15) is 26.0 Å². The monoisotopic (exact) mass is 220 g/mol. The molecule has 88 valence electrons. The van der Waals surface area contributed by atoms with Gasteiger partial charge in [0.2, 0.25) is 0 Å². The van der Waals surface area contributed by atoms with Gasteiger partial charge in [0.1, 0.15) is 0 Å². The van der Waals surface area contributed by atoms with E-state index in [0.717, 1.165) is 17.8 Å². The number of nitrogens with zero attached hydrogens (tertiary/aromatic N) is 1. The van der Waals surface area contributed by atoms with Crippen LogP contribution in [0.4, 0.5) is 5.69 Å². The highest BCUT2D eigenvalue weighted by molar-refractivity contribution is 5.45. The highest BCUT2D eigenvalue weighted by Crippen LogP contribution is 2.43. The van der Waals surface area contributed by atoms with Gasteiger partial charge in [0.05, 0.1) is 6.10 Å². The number of methoxy groups -OCH3 is 1. The number of anilines is 1. The first-order chi connectivity index (χ1) is 7.54. The lowest BCUT2D eigenvalue weighted by Crippen LogP contribution is -2.57. The smallest absolute Gasteiger partial charge is 0.0661 e. The van der Waals surface area contributed by atoms with E-state index in [0.29, 0.717) is 12.1 Å². The van der Waals surface area contributed by atoms with Crippen molar-refractivity contribution in [3.05, 3.63) is 24.0 Å². The summed E-state index contributed by atoms with van der Waals surface area (Å²) in [7, 11) is 1.79. The lowest BCUT2D eigenvalue weighted by molar-refractivity contribution is -0.0794. The molecule has 1 fully saturated rings. The number of aryl methyl sites for hydroxylation is 1. The Morgan fingerprint density at radius 2 is 2.25 bits per heavy atom. The molecule has 3 nitrogen and oxygen atoms in total. The third-order valence-electron chi connectivity index (χ3n) is 3.70. The second-order valence-electron chi connectivity index (χ2n) is 5.16. The van der Waals surface area contributed by atoms with Crippen molar-refractivity contribution in [2.75, 3.05) is 12.4 Å². The van der Waals surface area contributed by atoms with Crippen LogP contribution in [0.3, 0.4) is 0 Å². The van der Waals surface area contributed by atoms with Crippen LogP contribution in [0, 0.1) is 12.3 Å². The number of nitrogens with one attached hydrogen (secondary N) is 1. The molecule has 1 saturated carbocycles. The molecule has 1 N–H and O–H groups in total. The summed E-state index contributed by atoms with van der Waals surface area (Å²) >= 11 is 0. The molecule has 0 aromatic carbocycles. The number of rotatable bonds is 3. The maximum Gasteiger partial charge on any atom is 0.0661 e. The molecule has 2 rings (SSSR count). The molecule has 2 atom stereocenters. The van der Waals surface area contributed by atoms with E-state index >= 15 is 0 Å². The first-order valence-corrected chi connectivity index (χ1v) is 5.76. The molecule has 0 saturated heterocycles. The fourth-order valence-electron chi connectivity index (χ4n) is 2.37. The molecular weight excluding hydrogens is 200 g/mol. The van der Waals surface area contributed by atoms with E-state index < -0.39 is 0 Å². The summed E-state index contributed by atoms with van der Waals surface area (Å²) in [5.41, 5.74) is 2.40. The minimum absolute atomic E-state index is 0.200. The SMILES string of the molecule is COC1CC(Nc2ccnc(C)c2)C1(C)C. The van der Waals surface area contributed by atoms with Gasteiger partial charge in [-0.05, 0) is 25.5 Å². The van der Waals surface area contributed by atoms with Crippen LogP contribution in [0.25, 0.3) is 0 Å². The molecule has 2 unspecified atom stereocenters. The molecule has 1 heterocycles. The number of hydrogen-bond acceptors (Lipinski definition) is 3. The molecule has 1 aromatic heterocycles. The lowest BCUT2D eigenvalue weighted by atomic mass is 9.64. The molecule has 0 amide bonds. The Hall–Kier alpha value is -1.09. The van der Waals surface area contributed by atoms with Crippen LogP contribution in [0.15, 0.2) is 18.3 Å². The first kappa shape index (κ1) is 11.4. The van der Waals surface area contributed by atoms with Gasteiger partial charge < -0.3 is 10.1 Å². The minimum Gasteiger partial charge on any atom is -0.381 e. The molecule has 1 aliphatic rings. The van der Waals surface area contributed by atoms with Crippen LogP contribution < -0.4 is 5.32 Å². The van der Waals surface area contributed by atoms with Gasteiger partial charge in [-0.25, -0.2) is 0 Å². The summed E-state index contributed by atoms with van der Waals surface area (Å²) in [5.74, 6) is 0. The Kier molecular flexibility index (Phi) is 2.89. The standard InChI is InChI=1S/C13H20N2O/c1-9-7-10(5-6-14-9)15-11-8-12(16-4)13(11,2)3/h5-7,11-12H,8H2,1-4H3,(H,14,15). The summed E-state index contributed by atoms with van der Waals surface area (Å²) in [6.45, 7) is 6.50. The maximum absolute atomic E-state index is 5.44. The van der Waals surface area contributed by atoms with Crippen LogP contribution in [-0.2, 0) is 4.74 Å². The quantitative estimate of drug-likeness (QED) is 0.850.